The standard InChI is InChI=1S/C22H27NO2S/c1-16-10-12-19(13-11-16)26(24,25)23-18(15-22(3,4)5)14-17(2)20-8-6-7-9-21(20)23/h6-14,18H,15H2,1-5H3. The largest absolute Gasteiger partial charge is 0.264 e. The summed E-state index contributed by atoms with van der Waals surface area (Å²) in [4.78, 5) is 0.338. The molecule has 2 aromatic rings. The molecule has 0 saturated heterocycles. The highest BCUT2D eigenvalue weighted by molar-refractivity contribution is 7.92. The van der Waals surface area contributed by atoms with Gasteiger partial charge in [-0.15, -0.1) is 0 Å². The van der Waals surface area contributed by atoms with Crippen molar-refractivity contribution in [3.05, 3.63) is 65.7 Å². The normalized spacial score (nSPS) is 17.7. The van der Waals surface area contributed by atoms with Gasteiger partial charge < -0.3 is 0 Å². The lowest BCUT2D eigenvalue weighted by Gasteiger charge is -2.39. The van der Waals surface area contributed by atoms with Crippen molar-refractivity contribution in [3.8, 4) is 0 Å². The summed E-state index contributed by atoms with van der Waals surface area (Å²) in [6.45, 7) is 10.5. The van der Waals surface area contributed by atoms with Crippen molar-refractivity contribution in [1.82, 2.24) is 0 Å². The first-order valence-electron chi connectivity index (χ1n) is 8.98. The first-order chi connectivity index (χ1) is 12.1. The summed E-state index contributed by atoms with van der Waals surface area (Å²) in [5, 5.41) is 0. The van der Waals surface area contributed by atoms with E-state index < -0.39 is 10.0 Å². The van der Waals surface area contributed by atoms with Gasteiger partial charge in [-0.2, -0.15) is 0 Å². The predicted molar refractivity (Wildman–Crippen MR) is 109 cm³/mol. The summed E-state index contributed by atoms with van der Waals surface area (Å²) in [5.41, 5.74) is 3.93. The molecule has 0 radical (unpaired) electrons. The number of hydrogen-bond donors (Lipinski definition) is 0. The quantitative estimate of drug-likeness (QED) is 0.725. The zero-order chi connectivity index (χ0) is 19.1. The van der Waals surface area contributed by atoms with Gasteiger partial charge in [0.2, 0.25) is 0 Å². The number of sulfonamides is 1. The van der Waals surface area contributed by atoms with E-state index >= 15 is 0 Å². The van der Waals surface area contributed by atoms with Crippen LogP contribution < -0.4 is 4.31 Å². The fraction of sp³-hybridized carbons (Fsp3) is 0.364. The summed E-state index contributed by atoms with van der Waals surface area (Å²) in [7, 11) is -3.65. The molecule has 1 heterocycles. The maximum absolute atomic E-state index is 13.6. The van der Waals surface area contributed by atoms with Gasteiger partial charge in [-0.1, -0.05) is 62.7 Å². The molecule has 26 heavy (non-hydrogen) atoms. The fourth-order valence-corrected chi connectivity index (χ4v) is 5.14. The number of nitrogens with zero attached hydrogens (tertiary/aromatic N) is 1. The van der Waals surface area contributed by atoms with E-state index in [0.29, 0.717) is 4.90 Å². The van der Waals surface area contributed by atoms with E-state index in [4.69, 9.17) is 0 Å². The van der Waals surface area contributed by atoms with Crippen LogP contribution in [-0.4, -0.2) is 14.5 Å². The molecule has 0 amide bonds. The van der Waals surface area contributed by atoms with Gasteiger partial charge in [-0.3, -0.25) is 4.31 Å². The van der Waals surface area contributed by atoms with Crippen LogP contribution in [0.4, 0.5) is 5.69 Å². The maximum Gasteiger partial charge on any atom is 0.264 e. The zero-order valence-corrected chi connectivity index (χ0v) is 17.0. The van der Waals surface area contributed by atoms with Gasteiger partial charge in [0, 0.05) is 5.56 Å². The number of anilines is 1. The van der Waals surface area contributed by atoms with Crippen LogP contribution in [0.3, 0.4) is 0 Å². The average Bonchev–Trinajstić information content (AvgIpc) is 2.53. The topological polar surface area (TPSA) is 37.4 Å². The minimum Gasteiger partial charge on any atom is -0.259 e. The lowest BCUT2D eigenvalue weighted by Crippen LogP contribution is -2.43. The molecule has 0 saturated carbocycles. The summed E-state index contributed by atoms with van der Waals surface area (Å²) in [6, 6.07) is 14.7. The Morgan fingerprint density at radius 1 is 0.962 bits per heavy atom. The summed E-state index contributed by atoms with van der Waals surface area (Å²) in [6.07, 6.45) is 2.85. The second kappa shape index (κ2) is 6.58. The molecule has 4 heteroatoms. The van der Waals surface area contributed by atoms with E-state index in [1.165, 1.54) is 0 Å². The minimum absolute atomic E-state index is 0.00871. The molecule has 1 aliphatic rings. The van der Waals surface area contributed by atoms with Crippen LogP contribution in [0.15, 0.2) is 59.5 Å². The van der Waals surface area contributed by atoms with Gasteiger partial charge in [0.15, 0.2) is 0 Å². The van der Waals surface area contributed by atoms with E-state index in [0.717, 1.165) is 28.8 Å². The van der Waals surface area contributed by atoms with Gasteiger partial charge in [0.1, 0.15) is 0 Å². The molecule has 0 bridgehead atoms. The van der Waals surface area contributed by atoms with Crippen molar-refractivity contribution in [2.75, 3.05) is 4.31 Å². The van der Waals surface area contributed by atoms with E-state index in [2.05, 4.69) is 33.8 Å². The second-order valence-electron chi connectivity index (χ2n) is 8.31. The molecule has 1 aliphatic heterocycles. The number of rotatable bonds is 3. The number of para-hydroxylation sites is 1. The van der Waals surface area contributed by atoms with Crippen LogP contribution in [0.5, 0.6) is 0 Å². The van der Waals surface area contributed by atoms with E-state index in [1.54, 1.807) is 16.4 Å². The molecule has 1 atom stereocenters. The Hall–Kier alpha value is -2.07. The third kappa shape index (κ3) is 3.56. The third-order valence-electron chi connectivity index (χ3n) is 4.71. The summed E-state index contributed by atoms with van der Waals surface area (Å²) in [5.74, 6) is 0. The Kier molecular flexibility index (Phi) is 4.74. The van der Waals surface area contributed by atoms with E-state index in [9.17, 15) is 8.42 Å². The Balaban J connectivity index is 2.18. The number of aryl methyl sites for hydroxylation is 1. The van der Waals surface area contributed by atoms with Crippen molar-refractivity contribution in [2.24, 2.45) is 5.41 Å². The Labute approximate surface area is 157 Å². The van der Waals surface area contributed by atoms with Crippen LogP contribution in [-0.2, 0) is 10.0 Å². The molecule has 0 aliphatic carbocycles. The average molecular weight is 370 g/mol. The Morgan fingerprint density at radius 2 is 1.58 bits per heavy atom. The second-order valence-corrected chi connectivity index (χ2v) is 10.1. The van der Waals surface area contributed by atoms with E-state index in [-0.39, 0.29) is 11.5 Å². The molecule has 0 N–H and O–H groups in total. The zero-order valence-electron chi connectivity index (χ0n) is 16.2. The summed E-state index contributed by atoms with van der Waals surface area (Å²) < 4.78 is 28.7. The van der Waals surface area contributed by atoms with E-state index in [1.807, 2.05) is 43.3 Å². The van der Waals surface area contributed by atoms with Crippen LogP contribution in [0.1, 0.15) is 45.2 Å². The number of allylic oxidation sites excluding steroid dienone is 1. The molecule has 0 aromatic heterocycles. The van der Waals surface area contributed by atoms with Gasteiger partial charge >= 0.3 is 0 Å². The third-order valence-corrected chi connectivity index (χ3v) is 6.56. The summed E-state index contributed by atoms with van der Waals surface area (Å²) >= 11 is 0. The van der Waals surface area contributed by atoms with Gasteiger partial charge in [0.05, 0.1) is 16.6 Å². The molecule has 138 valence electrons. The molecular formula is C22H27NO2S. The molecule has 1 unspecified atom stereocenters. The van der Waals surface area contributed by atoms with Crippen LogP contribution >= 0.6 is 0 Å². The van der Waals surface area contributed by atoms with Crippen molar-refractivity contribution in [1.29, 1.82) is 0 Å². The van der Waals surface area contributed by atoms with Crippen LogP contribution in [0.2, 0.25) is 0 Å². The highest BCUT2D eigenvalue weighted by atomic mass is 32.2. The Morgan fingerprint density at radius 3 is 2.19 bits per heavy atom. The minimum atomic E-state index is -3.65. The SMILES string of the molecule is CC1=CC(CC(C)(C)C)N(S(=O)(=O)c2ccc(C)cc2)c2ccccc21. The smallest absolute Gasteiger partial charge is 0.259 e. The number of fused-ring (bicyclic) bond motifs is 1. The molecule has 0 spiro atoms. The van der Waals surface area contributed by atoms with Crippen LogP contribution in [0.25, 0.3) is 5.57 Å². The monoisotopic (exact) mass is 369 g/mol. The lowest BCUT2D eigenvalue weighted by molar-refractivity contribution is 0.360. The van der Waals surface area contributed by atoms with Crippen molar-refractivity contribution in [3.63, 3.8) is 0 Å². The van der Waals surface area contributed by atoms with Crippen LogP contribution in [0, 0.1) is 12.3 Å². The predicted octanol–water partition coefficient (Wildman–Crippen LogP) is 5.41. The first-order valence-corrected chi connectivity index (χ1v) is 10.4. The van der Waals surface area contributed by atoms with Gasteiger partial charge in [0.25, 0.3) is 10.0 Å². The fourth-order valence-electron chi connectivity index (χ4n) is 3.52. The van der Waals surface area contributed by atoms with Crippen molar-refractivity contribution in [2.45, 2.75) is 52.0 Å². The highest BCUT2D eigenvalue weighted by Crippen LogP contribution is 2.40. The number of benzene rings is 2. The van der Waals surface area contributed by atoms with Gasteiger partial charge in [-0.05, 0) is 49.5 Å². The highest BCUT2D eigenvalue weighted by Gasteiger charge is 2.36. The molecule has 0 fully saturated rings. The molecule has 3 nitrogen and oxygen atoms in total. The van der Waals surface area contributed by atoms with Crippen molar-refractivity contribution >= 4 is 21.3 Å². The molecule has 3 rings (SSSR count). The molecular weight excluding hydrogens is 342 g/mol. The Bertz CT molecular complexity index is 935. The number of hydrogen-bond acceptors (Lipinski definition) is 2. The first kappa shape index (κ1) is 18.7. The molecule has 2 aromatic carbocycles. The maximum atomic E-state index is 13.6. The van der Waals surface area contributed by atoms with Gasteiger partial charge in [-0.25, -0.2) is 8.42 Å². The lowest BCUT2D eigenvalue weighted by atomic mass is 9.85. The van der Waals surface area contributed by atoms with Crippen molar-refractivity contribution < 1.29 is 8.42 Å².